The van der Waals surface area contributed by atoms with Crippen LogP contribution >= 0.6 is 34.8 Å². The lowest BCUT2D eigenvalue weighted by atomic mass is 10.0. The zero-order chi connectivity index (χ0) is 28.7. The second-order valence-electron chi connectivity index (χ2n) is 9.01. The van der Waals surface area contributed by atoms with Crippen molar-refractivity contribution in [3.63, 3.8) is 0 Å². The van der Waals surface area contributed by atoms with Gasteiger partial charge in [0, 0.05) is 34.6 Å². The summed E-state index contributed by atoms with van der Waals surface area (Å²) in [5.74, 6) is -0.956. The molecule has 0 unspecified atom stereocenters. The van der Waals surface area contributed by atoms with Gasteiger partial charge >= 0.3 is 0 Å². The third-order valence-electron chi connectivity index (χ3n) is 6.16. The second-order valence-corrected chi connectivity index (χ2v) is 12.2. The van der Waals surface area contributed by atoms with Gasteiger partial charge in [0.15, 0.2) is 0 Å². The number of hydrogen-bond donors (Lipinski definition) is 1. The molecule has 0 radical (unpaired) electrons. The summed E-state index contributed by atoms with van der Waals surface area (Å²) in [5, 5.41) is 3.91. The number of rotatable bonds is 11. The van der Waals surface area contributed by atoms with E-state index in [1.807, 2.05) is 30.3 Å². The molecule has 1 N–H and O–H groups in total. The summed E-state index contributed by atoms with van der Waals surface area (Å²) in [4.78, 5) is 28.8. The molecule has 0 aliphatic carbocycles. The Balaban J connectivity index is 2.09. The molecule has 3 aromatic carbocycles. The molecule has 0 aliphatic heterocycles. The van der Waals surface area contributed by atoms with Gasteiger partial charge in [-0.05, 0) is 54.8 Å². The first kappa shape index (κ1) is 30.8. The maximum atomic E-state index is 14.0. The number of halogens is 3. The highest BCUT2D eigenvalue weighted by Gasteiger charge is 2.33. The number of carbonyl (C=O) groups excluding carboxylic acids is 2. The first-order chi connectivity index (χ1) is 18.4. The van der Waals surface area contributed by atoms with Crippen LogP contribution in [0.3, 0.4) is 0 Å². The van der Waals surface area contributed by atoms with Crippen LogP contribution in [-0.4, -0.2) is 50.5 Å². The maximum absolute atomic E-state index is 14.0. The predicted molar refractivity (Wildman–Crippen MR) is 158 cm³/mol. The molecule has 0 heterocycles. The highest BCUT2D eigenvalue weighted by Crippen LogP contribution is 2.29. The fraction of sp³-hybridized carbons (Fsp3) is 0.286. The largest absolute Gasteiger partial charge is 0.355 e. The summed E-state index contributed by atoms with van der Waals surface area (Å²) in [7, 11) is -3.90. The third kappa shape index (κ3) is 8.11. The fourth-order valence-corrected chi connectivity index (χ4v) is 5.68. The summed E-state index contributed by atoms with van der Waals surface area (Å²) < 4.78 is 26.8. The Bertz CT molecular complexity index is 1440. The van der Waals surface area contributed by atoms with Crippen LogP contribution in [0.5, 0.6) is 0 Å². The quantitative estimate of drug-likeness (QED) is 0.311. The summed E-state index contributed by atoms with van der Waals surface area (Å²) in [5.41, 5.74) is 2.18. The maximum Gasteiger partial charge on any atom is 0.244 e. The lowest BCUT2D eigenvalue weighted by Crippen LogP contribution is -2.53. The Labute approximate surface area is 244 Å². The molecule has 1 atom stereocenters. The van der Waals surface area contributed by atoms with Gasteiger partial charge in [0.05, 0.1) is 11.9 Å². The molecule has 208 valence electrons. The topological polar surface area (TPSA) is 86.8 Å². The molecular formula is C28H30Cl3N3O4S. The van der Waals surface area contributed by atoms with E-state index in [9.17, 15) is 18.0 Å². The third-order valence-corrected chi connectivity index (χ3v) is 8.29. The van der Waals surface area contributed by atoms with E-state index in [0.717, 1.165) is 16.1 Å². The second kappa shape index (κ2) is 13.5. The van der Waals surface area contributed by atoms with Crippen LogP contribution in [0.4, 0.5) is 5.69 Å². The Morgan fingerprint density at radius 3 is 2.26 bits per heavy atom. The molecular weight excluding hydrogens is 581 g/mol. The number of likely N-dealkylation sites (N-methyl/N-ethyl adjacent to an activating group) is 1. The van der Waals surface area contributed by atoms with Gasteiger partial charge in [0.2, 0.25) is 21.8 Å². The van der Waals surface area contributed by atoms with Gasteiger partial charge in [-0.25, -0.2) is 8.42 Å². The van der Waals surface area contributed by atoms with Crippen LogP contribution in [-0.2, 0) is 32.6 Å². The number of benzene rings is 3. The summed E-state index contributed by atoms with van der Waals surface area (Å²) in [6.07, 6.45) is 1.23. The Morgan fingerprint density at radius 1 is 0.949 bits per heavy atom. The number of hydrogen-bond acceptors (Lipinski definition) is 4. The molecule has 39 heavy (non-hydrogen) atoms. The smallest absolute Gasteiger partial charge is 0.244 e. The lowest BCUT2D eigenvalue weighted by Gasteiger charge is -2.34. The number of anilines is 1. The van der Waals surface area contributed by atoms with E-state index >= 15 is 0 Å². The standard InChI is InChI=1S/C28H30Cl3N3O4S/c1-4-32-28(36)26(15-20-9-6-5-7-10-20)33(17-21-13-14-22(29)16-24(21)31)27(35)18-34(39(3,37)38)25-12-8-11-23(30)19(25)2/h5-14,16,26H,4,15,17-18H2,1-3H3,(H,32,36)/t26-/m1/s1. The van der Waals surface area contributed by atoms with E-state index in [0.29, 0.717) is 32.7 Å². The Hall–Kier alpha value is -2.78. The van der Waals surface area contributed by atoms with Crippen LogP contribution in [0.2, 0.25) is 15.1 Å². The number of sulfonamides is 1. The van der Waals surface area contributed by atoms with Crippen molar-refractivity contribution in [3.05, 3.63) is 98.5 Å². The molecule has 0 aliphatic rings. The van der Waals surface area contributed by atoms with Crippen molar-refractivity contribution in [2.45, 2.75) is 32.9 Å². The lowest BCUT2D eigenvalue weighted by molar-refractivity contribution is -0.140. The molecule has 3 rings (SSSR count). The highest BCUT2D eigenvalue weighted by molar-refractivity contribution is 7.92. The van der Waals surface area contributed by atoms with E-state index in [2.05, 4.69) is 5.32 Å². The van der Waals surface area contributed by atoms with E-state index < -0.39 is 28.5 Å². The van der Waals surface area contributed by atoms with Gasteiger partial charge in [-0.15, -0.1) is 0 Å². The van der Waals surface area contributed by atoms with Gasteiger partial charge in [-0.2, -0.15) is 0 Å². The number of carbonyl (C=O) groups is 2. The molecule has 0 bridgehead atoms. The van der Waals surface area contributed by atoms with Gasteiger partial charge in [-0.1, -0.05) is 77.3 Å². The Kier molecular flexibility index (Phi) is 10.7. The molecule has 2 amide bonds. The number of nitrogens with one attached hydrogen (secondary N) is 1. The van der Waals surface area contributed by atoms with Crippen molar-refractivity contribution >= 4 is 62.3 Å². The highest BCUT2D eigenvalue weighted by atomic mass is 35.5. The van der Waals surface area contributed by atoms with Gasteiger partial charge in [-0.3, -0.25) is 13.9 Å². The van der Waals surface area contributed by atoms with Crippen molar-refractivity contribution in [2.24, 2.45) is 0 Å². The average Bonchev–Trinajstić information content (AvgIpc) is 2.87. The molecule has 0 saturated heterocycles. The van der Waals surface area contributed by atoms with Crippen LogP contribution in [0, 0.1) is 6.92 Å². The van der Waals surface area contributed by atoms with Crippen molar-refractivity contribution in [1.29, 1.82) is 0 Å². The van der Waals surface area contributed by atoms with Crippen LogP contribution < -0.4 is 9.62 Å². The zero-order valence-corrected chi connectivity index (χ0v) is 24.9. The minimum atomic E-state index is -3.90. The van der Waals surface area contributed by atoms with E-state index in [1.165, 1.54) is 4.90 Å². The number of nitrogens with zero attached hydrogens (tertiary/aromatic N) is 2. The normalized spacial score (nSPS) is 12.1. The summed E-state index contributed by atoms with van der Waals surface area (Å²) in [6.45, 7) is 3.22. The molecule has 0 aromatic heterocycles. The molecule has 7 nitrogen and oxygen atoms in total. The van der Waals surface area contributed by atoms with Gasteiger partial charge in [0.25, 0.3) is 0 Å². The predicted octanol–water partition coefficient (Wildman–Crippen LogP) is 5.50. The van der Waals surface area contributed by atoms with Crippen LogP contribution in [0.25, 0.3) is 0 Å². The molecule has 11 heteroatoms. The number of amides is 2. The SMILES string of the molecule is CCNC(=O)[C@@H](Cc1ccccc1)N(Cc1ccc(Cl)cc1Cl)C(=O)CN(c1cccc(Cl)c1C)S(C)(=O)=O. The molecule has 3 aromatic rings. The first-order valence-electron chi connectivity index (χ1n) is 12.2. The van der Waals surface area contributed by atoms with Crippen LogP contribution in [0.1, 0.15) is 23.6 Å². The minimum absolute atomic E-state index is 0.0460. The van der Waals surface area contributed by atoms with Crippen molar-refractivity contribution in [3.8, 4) is 0 Å². The van der Waals surface area contributed by atoms with E-state index in [-0.39, 0.29) is 24.6 Å². The Morgan fingerprint density at radius 2 is 1.64 bits per heavy atom. The molecule has 0 spiro atoms. The fourth-order valence-electron chi connectivity index (χ4n) is 4.14. The van der Waals surface area contributed by atoms with E-state index in [4.69, 9.17) is 34.8 Å². The van der Waals surface area contributed by atoms with Crippen molar-refractivity contribution < 1.29 is 18.0 Å². The van der Waals surface area contributed by atoms with Gasteiger partial charge < -0.3 is 10.2 Å². The summed E-state index contributed by atoms with van der Waals surface area (Å²) >= 11 is 18.8. The monoisotopic (exact) mass is 609 g/mol. The molecule has 0 saturated carbocycles. The van der Waals surface area contributed by atoms with Crippen molar-refractivity contribution in [2.75, 3.05) is 23.7 Å². The molecule has 0 fully saturated rings. The minimum Gasteiger partial charge on any atom is -0.355 e. The van der Waals surface area contributed by atoms with Crippen molar-refractivity contribution in [1.82, 2.24) is 10.2 Å². The van der Waals surface area contributed by atoms with Gasteiger partial charge in [0.1, 0.15) is 12.6 Å². The zero-order valence-electron chi connectivity index (χ0n) is 21.8. The summed E-state index contributed by atoms with van der Waals surface area (Å²) in [6, 6.07) is 18.0. The average molecular weight is 611 g/mol. The van der Waals surface area contributed by atoms with E-state index in [1.54, 1.807) is 50.2 Å². The van der Waals surface area contributed by atoms with Crippen LogP contribution in [0.15, 0.2) is 66.7 Å². The first-order valence-corrected chi connectivity index (χ1v) is 15.2.